The van der Waals surface area contributed by atoms with E-state index >= 15 is 0 Å². The molecule has 160 valence electrons. The molecule has 7 heteroatoms. The molecule has 0 aromatic heterocycles. The smallest absolute Gasteiger partial charge is 0.408 e. The van der Waals surface area contributed by atoms with Crippen molar-refractivity contribution in [1.29, 1.82) is 0 Å². The summed E-state index contributed by atoms with van der Waals surface area (Å²) in [7, 11) is 0. The topological polar surface area (TPSA) is 111 Å². The number of alkyl carbamates (subject to hydrolysis) is 1. The van der Waals surface area contributed by atoms with E-state index in [1.807, 2.05) is 74.5 Å². The lowest BCUT2D eigenvalue weighted by Crippen LogP contribution is -2.54. The summed E-state index contributed by atoms with van der Waals surface area (Å²) < 4.78 is 5.22. The van der Waals surface area contributed by atoms with E-state index in [2.05, 4.69) is 10.6 Å². The van der Waals surface area contributed by atoms with Crippen LogP contribution in [0.3, 0.4) is 0 Å². The summed E-state index contributed by atoms with van der Waals surface area (Å²) in [6, 6.07) is 16.8. The van der Waals surface area contributed by atoms with Gasteiger partial charge in [0, 0.05) is 6.42 Å². The molecule has 0 aliphatic heterocycles. The summed E-state index contributed by atoms with van der Waals surface area (Å²) in [5.74, 6) is -0.974. The summed E-state index contributed by atoms with van der Waals surface area (Å²) in [5.41, 5.74) is 7.20. The molecule has 2 rings (SSSR count). The molecule has 2 atom stereocenters. The number of hydrogen-bond donors (Lipinski definition) is 3. The van der Waals surface area contributed by atoms with Crippen molar-refractivity contribution in [2.75, 3.05) is 0 Å². The van der Waals surface area contributed by atoms with Crippen LogP contribution in [0.25, 0.3) is 0 Å². The highest BCUT2D eigenvalue weighted by Gasteiger charge is 2.27. The highest BCUT2D eigenvalue weighted by molar-refractivity contribution is 5.90. The molecule has 0 spiro atoms. The lowest BCUT2D eigenvalue weighted by atomic mass is 10.0. The molecule has 3 amide bonds. The van der Waals surface area contributed by atoms with Crippen LogP contribution >= 0.6 is 0 Å². The minimum Gasteiger partial charge on any atom is -0.445 e. The van der Waals surface area contributed by atoms with Gasteiger partial charge in [-0.05, 0) is 23.5 Å². The minimum absolute atomic E-state index is 0.0978. The van der Waals surface area contributed by atoms with Gasteiger partial charge in [0.25, 0.3) is 0 Å². The molecule has 0 saturated carbocycles. The maximum absolute atomic E-state index is 12.8. The molecule has 0 saturated heterocycles. The number of benzene rings is 2. The molecule has 0 bridgehead atoms. The molecule has 4 N–H and O–H groups in total. The maximum atomic E-state index is 12.8. The van der Waals surface area contributed by atoms with Gasteiger partial charge >= 0.3 is 6.09 Å². The molecule has 30 heavy (non-hydrogen) atoms. The van der Waals surface area contributed by atoms with Crippen LogP contribution in [0.4, 0.5) is 4.79 Å². The van der Waals surface area contributed by atoms with Gasteiger partial charge in [-0.1, -0.05) is 74.5 Å². The summed E-state index contributed by atoms with van der Waals surface area (Å²) >= 11 is 0. The summed E-state index contributed by atoms with van der Waals surface area (Å²) in [4.78, 5) is 36.9. The van der Waals surface area contributed by atoms with Gasteiger partial charge in [0.2, 0.25) is 11.8 Å². The number of nitrogens with two attached hydrogens (primary N) is 1. The van der Waals surface area contributed by atoms with Crippen molar-refractivity contribution < 1.29 is 19.1 Å². The first-order valence-corrected chi connectivity index (χ1v) is 9.96. The second-order valence-electron chi connectivity index (χ2n) is 7.54. The predicted octanol–water partition coefficient (Wildman–Crippen LogP) is 2.54. The van der Waals surface area contributed by atoms with Gasteiger partial charge in [0.15, 0.2) is 0 Å². The average molecular weight is 412 g/mol. The van der Waals surface area contributed by atoms with E-state index in [9.17, 15) is 14.4 Å². The molecule has 2 aromatic rings. The van der Waals surface area contributed by atoms with Gasteiger partial charge in [0.1, 0.15) is 18.7 Å². The molecule has 0 aliphatic carbocycles. The van der Waals surface area contributed by atoms with Gasteiger partial charge in [0.05, 0.1) is 0 Å². The Morgan fingerprint density at radius 3 is 1.97 bits per heavy atom. The van der Waals surface area contributed by atoms with Crippen molar-refractivity contribution in [3.63, 3.8) is 0 Å². The third-order valence-electron chi connectivity index (χ3n) is 4.47. The number of carbonyl (C=O) groups is 3. The Hall–Kier alpha value is -3.35. The third-order valence-corrected chi connectivity index (χ3v) is 4.47. The molecular formula is C23H29N3O4. The van der Waals surface area contributed by atoms with Crippen LogP contribution in [0.15, 0.2) is 60.7 Å². The molecule has 0 heterocycles. The van der Waals surface area contributed by atoms with Crippen LogP contribution in [-0.4, -0.2) is 30.0 Å². The zero-order valence-electron chi connectivity index (χ0n) is 17.3. The van der Waals surface area contributed by atoms with Crippen molar-refractivity contribution in [3.8, 4) is 0 Å². The van der Waals surface area contributed by atoms with Crippen molar-refractivity contribution in [1.82, 2.24) is 10.6 Å². The van der Waals surface area contributed by atoms with E-state index in [1.165, 1.54) is 0 Å². The van der Waals surface area contributed by atoms with Crippen LogP contribution < -0.4 is 16.4 Å². The van der Waals surface area contributed by atoms with Crippen molar-refractivity contribution in [3.05, 3.63) is 71.8 Å². The van der Waals surface area contributed by atoms with Crippen LogP contribution in [0.5, 0.6) is 0 Å². The first kappa shape index (κ1) is 22.9. The number of hydrogen-bond acceptors (Lipinski definition) is 4. The number of carbonyl (C=O) groups excluding carboxylic acids is 3. The molecular weight excluding hydrogens is 382 g/mol. The summed E-state index contributed by atoms with van der Waals surface area (Å²) in [6.07, 6.45) is -0.0314. The molecule has 0 radical (unpaired) electrons. The Morgan fingerprint density at radius 1 is 0.867 bits per heavy atom. The second kappa shape index (κ2) is 11.6. The molecule has 0 unspecified atom stereocenters. The fraction of sp³-hybridized carbons (Fsp3) is 0.348. The molecule has 7 nitrogen and oxygen atoms in total. The van der Waals surface area contributed by atoms with Crippen molar-refractivity contribution in [2.45, 2.75) is 45.4 Å². The average Bonchev–Trinajstić information content (AvgIpc) is 2.72. The fourth-order valence-corrected chi connectivity index (χ4v) is 2.95. The Labute approximate surface area is 177 Å². The van der Waals surface area contributed by atoms with E-state index in [4.69, 9.17) is 10.5 Å². The largest absolute Gasteiger partial charge is 0.445 e. The first-order valence-electron chi connectivity index (χ1n) is 9.96. The van der Waals surface area contributed by atoms with E-state index in [-0.39, 0.29) is 18.9 Å². The summed E-state index contributed by atoms with van der Waals surface area (Å²) in [6.45, 7) is 3.97. The summed E-state index contributed by atoms with van der Waals surface area (Å²) in [5, 5.41) is 5.27. The normalized spacial score (nSPS) is 12.6. The zero-order chi connectivity index (χ0) is 21.9. The molecule has 0 aliphatic rings. The van der Waals surface area contributed by atoms with Gasteiger partial charge < -0.3 is 21.1 Å². The minimum atomic E-state index is -0.878. The number of rotatable bonds is 10. The number of nitrogens with one attached hydrogen (secondary N) is 2. The maximum Gasteiger partial charge on any atom is 0.408 e. The highest BCUT2D eigenvalue weighted by atomic mass is 16.5. The van der Waals surface area contributed by atoms with Crippen molar-refractivity contribution >= 4 is 17.9 Å². The Kier molecular flexibility index (Phi) is 8.87. The monoisotopic (exact) mass is 411 g/mol. The third kappa shape index (κ3) is 7.95. The standard InChI is InChI=1S/C23H29N3O4/c1-16(2)13-20(26-23(29)30-15-18-11-7-4-8-12-18)22(28)25-19(21(24)27)14-17-9-5-3-6-10-17/h3-12,16,19-20H,13-15H2,1-2H3,(H2,24,27)(H,25,28)(H,26,29)/t19-,20+/m1/s1. The van der Waals surface area contributed by atoms with E-state index in [0.29, 0.717) is 6.42 Å². The van der Waals surface area contributed by atoms with E-state index < -0.39 is 30.0 Å². The Morgan fingerprint density at radius 2 is 1.43 bits per heavy atom. The second-order valence-corrected chi connectivity index (χ2v) is 7.54. The van der Waals surface area contributed by atoms with Crippen molar-refractivity contribution in [2.24, 2.45) is 11.7 Å². The Balaban J connectivity index is 1.98. The highest BCUT2D eigenvalue weighted by Crippen LogP contribution is 2.08. The Bertz CT molecular complexity index is 825. The number of primary amides is 1. The van der Waals surface area contributed by atoms with Crippen LogP contribution in [-0.2, 0) is 27.4 Å². The van der Waals surface area contributed by atoms with Gasteiger partial charge in [-0.2, -0.15) is 0 Å². The predicted molar refractivity (Wildman–Crippen MR) is 114 cm³/mol. The van der Waals surface area contributed by atoms with Gasteiger partial charge in [-0.25, -0.2) is 4.79 Å². The SMILES string of the molecule is CC(C)C[C@H](NC(=O)OCc1ccccc1)C(=O)N[C@H](Cc1ccccc1)C(N)=O. The number of ether oxygens (including phenoxy) is 1. The molecule has 0 fully saturated rings. The van der Waals surface area contributed by atoms with Gasteiger partial charge in [-0.3, -0.25) is 9.59 Å². The fourth-order valence-electron chi connectivity index (χ4n) is 2.95. The van der Waals surface area contributed by atoms with Crippen LogP contribution in [0.1, 0.15) is 31.4 Å². The molecule has 2 aromatic carbocycles. The van der Waals surface area contributed by atoms with Crippen LogP contribution in [0.2, 0.25) is 0 Å². The quantitative estimate of drug-likeness (QED) is 0.558. The lowest BCUT2D eigenvalue weighted by molar-refractivity contribution is -0.128. The lowest BCUT2D eigenvalue weighted by Gasteiger charge is -2.23. The first-order chi connectivity index (χ1) is 14.3. The van der Waals surface area contributed by atoms with E-state index in [0.717, 1.165) is 11.1 Å². The van der Waals surface area contributed by atoms with E-state index in [1.54, 1.807) is 0 Å². The van der Waals surface area contributed by atoms with Gasteiger partial charge in [-0.15, -0.1) is 0 Å². The van der Waals surface area contributed by atoms with Crippen LogP contribution in [0, 0.1) is 5.92 Å². The number of amides is 3. The zero-order valence-corrected chi connectivity index (χ0v) is 17.3.